The van der Waals surface area contributed by atoms with Crippen molar-refractivity contribution in [2.24, 2.45) is 13.0 Å². The number of nitrogens with zero attached hydrogens (tertiary/aromatic N) is 6. The highest BCUT2D eigenvalue weighted by Gasteiger charge is 2.60. The summed E-state index contributed by atoms with van der Waals surface area (Å²) >= 11 is 6.08. The van der Waals surface area contributed by atoms with Gasteiger partial charge in [0, 0.05) is 37.8 Å². The lowest BCUT2D eigenvalue weighted by Gasteiger charge is -2.47. The molecule has 4 heterocycles. The van der Waals surface area contributed by atoms with Crippen molar-refractivity contribution in [3.05, 3.63) is 47.3 Å². The van der Waals surface area contributed by atoms with Gasteiger partial charge in [0.25, 0.3) is 5.56 Å². The van der Waals surface area contributed by atoms with Crippen LogP contribution >= 0.6 is 15.0 Å². The van der Waals surface area contributed by atoms with Crippen LogP contribution in [0.5, 0.6) is 5.88 Å². The van der Waals surface area contributed by atoms with Gasteiger partial charge in [-0.05, 0) is 40.4 Å². The van der Waals surface area contributed by atoms with Gasteiger partial charge in [0.15, 0.2) is 17.7 Å². The average molecular weight is 965 g/mol. The van der Waals surface area contributed by atoms with E-state index in [1.807, 2.05) is 61.5 Å². The molecule has 0 aromatic carbocycles. The van der Waals surface area contributed by atoms with Crippen LogP contribution in [-0.2, 0) is 54.8 Å². The Morgan fingerprint density at radius 2 is 1.79 bits per heavy atom. The van der Waals surface area contributed by atoms with E-state index in [1.54, 1.807) is 6.07 Å². The van der Waals surface area contributed by atoms with Crippen LogP contribution in [0.25, 0.3) is 11.0 Å². The summed E-state index contributed by atoms with van der Waals surface area (Å²) in [5.74, 6) is -1.17. The van der Waals surface area contributed by atoms with E-state index < -0.39 is 92.7 Å². The molecule has 0 radical (unpaired) electrons. The summed E-state index contributed by atoms with van der Waals surface area (Å²) < 4.78 is 81.7. The first-order valence-electron chi connectivity index (χ1n) is 20.5. The number of nitriles is 1. The molecule has 3 N–H and O–H groups in total. The second kappa shape index (κ2) is 21.3. The zero-order valence-corrected chi connectivity index (χ0v) is 41.0. The Morgan fingerprint density at radius 3 is 2.37 bits per heavy atom. The maximum atomic E-state index is 15.8. The maximum absolute atomic E-state index is 15.8. The Bertz CT molecular complexity index is 2140. The third-order valence-electron chi connectivity index (χ3n) is 11.3. The van der Waals surface area contributed by atoms with Crippen molar-refractivity contribution in [1.82, 2.24) is 24.1 Å². The van der Waals surface area contributed by atoms with E-state index in [2.05, 4.69) is 15.0 Å². The van der Waals surface area contributed by atoms with Crippen molar-refractivity contribution in [2.45, 2.75) is 134 Å². The van der Waals surface area contributed by atoms with E-state index in [1.165, 1.54) is 30.5 Å². The Kier molecular flexibility index (Phi) is 17.4. The van der Waals surface area contributed by atoms with Gasteiger partial charge in [-0.15, -0.1) is 0 Å². The summed E-state index contributed by atoms with van der Waals surface area (Å²) in [6.45, 7) is 10.2. The number of hydrogen-bond donors (Lipinski definition) is 3. The Balaban J connectivity index is 1.60. The highest BCUT2D eigenvalue weighted by molar-refractivity contribution is 8.07. The zero-order valence-electron chi connectivity index (χ0n) is 36.3. The fourth-order valence-corrected chi connectivity index (χ4v) is 20.6. The van der Waals surface area contributed by atoms with Crippen LogP contribution < -0.4 is 10.3 Å². The summed E-state index contributed by atoms with van der Waals surface area (Å²) in [7, 11) is -9.14. The monoisotopic (exact) mass is 964 g/mol. The zero-order chi connectivity index (χ0) is 45.7. The normalized spacial score (nSPS) is 25.0. The molecule has 3 aromatic rings. The lowest BCUT2D eigenvalue weighted by molar-refractivity contribution is -0.0508. The molecule has 19 nitrogen and oxygen atoms in total. The molecule has 2 aliphatic rings. The molecule has 9 atom stereocenters. The number of aliphatic hydroxyl groups excluding tert-OH is 1. The molecule has 1 aliphatic heterocycles. The third-order valence-corrected chi connectivity index (χ3v) is 23.9. The minimum atomic E-state index is -4.05. The molecular weight excluding hydrogens is 906 g/mol. The van der Waals surface area contributed by atoms with Gasteiger partial charge in [-0.25, -0.2) is 19.3 Å². The number of halogens is 1. The number of aryl methyl sites for hydroxylation is 1. The van der Waals surface area contributed by atoms with Crippen LogP contribution in [0.15, 0.2) is 35.9 Å². The lowest BCUT2D eigenvalue weighted by atomic mass is 10.1. The molecule has 0 bridgehead atoms. The van der Waals surface area contributed by atoms with Crippen molar-refractivity contribution in [2.75, 3.05) is 19.8 Å². The summed E-state index contributed by atoms with van der Waals surface area (Å²) in [4.78, 5) is 47.6. The smallest absolute Gasteiger partial charge is 0.335 e. The highest BCUT2D eigenvalue weighted by atomic mass is 32.5. The molecular formula is C37H59FN6O13P2SSi2. The molecule has 3 aromatic heterocycles. The molecule has 0 spiro atoms. The summed E-state index contributed by atoms with van der Waals surface area (Å²) in [5, 5.41) is 20.1. The standard InChI is InChI=1S/C37H59FN6O13P2SSi2/c1-22(2)61(49,23(3)4)57-62(24(5)6,25(7)8)56-33-30(18-45)53-37(44-17-28(38)32-35(44)42-21-43(9)36(32)46)34(33)55-59(60,50-14-10-12-39)51-19-26-15-27(16-29(26)54-58(47)48)52-31-11-13-40-20-41-31/h11,13,17,20-27,29-30,33-34,37,45,49,58H,10,14-16,18-19H2,1-9H3,(H,47,48)/t26-,27-,29+,30-,33-,34-,37-,59?/m1/s1. The summed E-state index contributed by atoms with van der Waals surface area (Å²) in [6.07, 6.45) is -0.976. The predicted octanol–water partition coefficient (Wildman–Crippen LogP) is 5.65. The lowest BCUT2D eigenvalue weighted by Crippen LogP contribution is -2.62. The van der Waals surface area contributed by atoms with Crippen molar-refractivity contribution in [3.8, 4) is 11.9 Å². The quantitative estimate of drug-likeness (QED) is 0.0626. The fourth-order valence-electron chi connectivity index (χ4n) is 8.02. The molecule has 62 heavy (non-hydrogen) atoms. The van der Waals surface area contributed by atoms with Gasteiger partial charge >= 0.3 is 32.1 Å². The minimum Gasteiger partial charge on any atom is -0.474 e. The third kappa shape index (κ3) is 11.2. The minimum absolute atomic E-state index is 0.0880. The van der Waals surface area contributed by atoms with Gasteiger partial charge in [-0.1, -0.05) is 55.4 Å². The molecule has 1 saturated carbocycles. The second-order valence-corrected chi connectivity index (χ2v) is 29.1. The number of aromatic nitrogens is 5. The Hall–Kier alpha value is -2.37. The first kappa shape index (κ1) is 50.6. The first-order chi connectivity index (χ1) is 29.2. The van der Waals surface area contributed by atoms with E-state index in [0.29, 0.717) is 5.88 Å². The van der Waals surface area contributed by atoms with Gasteiger partial charge < -0.3 is 55.5 Å². The fraction of sp³-hybridized carbons (Fsp3) is 0.703. The van der Waals surface area contributed by atoms with Crippen LogP contribution in [0, 0.1) is 23.1 Å². The van der Waals surface area contributed by atoms with Crippen LogP contribution in [0.2, 0.25) is 22.2 Å². The molecule has 25 heteroatoms. The van der Waals surface area contributed by atoms with Gasteiger partial charge in [0.05, 0.1) is 44.7 Å². The van der Waals surface area contributed by atoms with E-state index >= 15 is 4.39 Å². The van der Waals surface area contributed by atoms with Crippen molar-refractivity contribution < 1.29 is 59.9 Å². The Morgan fingerprint density at radius 1 is 1.10 bits per heavy atom. The van der Waals surface area contributed by atoms with Gasteiger partial charge in [0.2, 0.25) is 5.88 Å². The molecule has 2 fully saturated rings. The van der Waals surface area contributed by atoms with E-state index in [-0.39, 0.29) is 65.7 Å². The van der Waals surface area contributed by atoms with Crippen molar-refractivity contribution >= 4 is 54.9 Å². The molecule has 346 valence electrons. The van der Waals surface area contributed by atoms with E-state index in [0.717, 1.165) is 10.8 Å². The molecule has 0 amide bonds. The van der Waals surface area contributed by atoms with Crippen molar-refractivity contribution in [3.63, 3.8) is 0 Å². The van der Waals surface area contributed by atoms with E-state index in [4.69, 9.17) is 47.9 Å². The first-order valence-corrected chi connectivity index (χ1v) is 28.3. The predicted molar refractivity (Wildman–Crippen MR) is 233 cm³/mol. The molecule has 5 rings (SSSR count). The average Bonchev–Trinajstić information content (AvgIpc) is 3.86. The number of ether oxygens (including phenoxy) is 2. The highest BCUT2D eigenvalue weighted by Crippen LogP contribution is 2.57. The van der Waals surface area contributed by atoms with E-state index in [9.17, 15) is 29.4 Å². The maximum Gasteiger partial charge on any atom is 0.335 e. The number of aliphatic hydroxyl groups is 1. The number of rotatable bonds is 22. The largest absolute Gasteiger partial charge is 0.474 e. The SMILES string of the molecule is CC(C)[Si](O)(O[Si](O[C@H]1[C@@H](OP(=S)(OCCC#N)OC[C@H]2C[C@@H](Oc3ccncn3)C[C@@H]2O[PH](=O)O)[C@H](n2cc(F)c3c(=O)n(C)cnc32)O[C@@H]1CO)(C(C)C)C(C)C)C(C)C. The van der Waals surface area contributed by atoms with Gasteiger partial charge in [-0.3, -0.25) is 13.9 Å². The number of fused-ring (bicyclic) bond motifs is 1. The molecule has 1 saturated heterocycles. The number of hydrogen-bond acceptors (Lipinski definition) is 17. The van der Waals surface area contributed by atoms with Gasteiger partial charge in [-0.2, -0.15) is 5.26 Å². The van der Waals surface area contributed by atoms with Crippen LogP contribution in [0.3, 0.4) is 0 Å². The van der Waals surface area contributed by atoms with Crippen LogP contribution in [0.1, 0.15) is 80.9 Å². The topological polar surface area (TPSA) is 241 Å². The summed E-state index contributed by atoms with van der Waals surface area (Å²) in [5.41, 5.74) is -1.79. The van der Waals surface area contributed by atoms with Gasteiger partial charge in [0.1, 0.15) is 36.1 Å². The van der Waals surface area contributed by atoms with Crippen molar-refractivity contribution in [1.29, 1.82) is 5.26 Å². The van der Waals surface area contributed by atoms with Crippen LogP contribution in [-0.4, -0.2) is 106 Å². The molecule has 2 unspecified atom stereocenters. The summed E-state index contributed by atoms with van der Waals surface area (Å²) in [6, 6.07) is 3.58. The van der Waals surface area contributed by atoms with Crippen LogP contribution in [0.4, 0.5) is 4.39 Å². The Labute approximate surface area is 368 Å². The second-order valence-electron chi connectivity index (χ2n) is 16.8. The molecule has 1 aliphatic carbocycles.